The summed E-state index contributed by atoms with van der Waals surface area (Å²) in [6.45, 7) is 1.74. The Morgan fingerprint density at radius 2 is 1.93 bits per heavy atom. The summed E-state index contributed by atoms with van der Waals surface area (Å²) in [5, 5.41) is 3.99. The van der Waals surface area contributed by atoms with E-state index in [4.69, 9.17) is 0 Å². The first kappa shape index (κ1) is 15.9. The first-order valence-corrected chi connectivity index (χ1v) is 9.05. The lowest BCUT2D eigenvalue weighted by molar-refractivity contribution is 0.00777. The Balaban J connectivity index is 1.41. The number of H-pyrrole nitrogens is 1. The standard InChI is InChI=1S/C21H20N4O2/c1-24-20(27)23-11-21(24)12-25(13-21)19(26)15-5-2-4-14(10-15)16-6-3-7-18-17(16)8-9-22-18/h2-10,22H,11-13H2,1H3,(H,23,27). The number of amides is 3. The highest BCUT2D eigenvalue weighted by Gasteiger charge is 2.53. The summed E-state index contributed by atoms with van der Waals surface area (Å²) >= 11 is 0. The van der Waals surface area contributed by atoms with Gasteiger partial charge < -0.3 is 20.1 Å². The highest BCUT2D eigenvalue weighted by atomic mass is 16.2. The molecule has 0 atom stereocenters. The molecule has 136 valence electrons. The first-order chi connectivity index (χ1) is 13.1. The number of likely N-dealkylation sites (N-methyl/N-ethyl adjacent to an activating group) is 1. The van der Waals surface area contributed by atoms with Gasteiger partial charge in [-0.3, -0.25) is 4.79 Å². The van der Waals surface area contributed by atoms with Crippen LogP contribution in [0.1, 0.15) is 10.4 Å². The number of benzene rings is 2. The molecule has 6 nitrogen and oxygen atoms in total. The van der Waals surface area contributed by atoms with E-state index >= 15 is 0 Å². The molecule has 2 aliphatic heterocycles. The predicted octanol–water partition coefficient (Wildman–Crippen LogP) is 2.68. The molecule has 2 aromatic carbocycles. The van der Waals surface area contributed by atoms with Gasteiger partial charge in [-0.2, -0.15) is 0 Å². The molecule has 0 saturated carbocycles. The van der Waals surface area contributed by atoms with E-state index in [1.165, 1.54) is 0 Å². The van der Waals surface area contributed by atoms with Crippen molar-refractivity contribution >= 4 is 22.8 Å². The van der Waals surface area contributed by atoms with Gasteiger partial charge in [0, 0.05) is 49.3 Å². The summed E-state index contributed by atoms with van der Waals surface area (Å²) in [5.41, 5.74) is 3.64. The zero-order valence-corrected chi connectivity index (χ0v) is 15.0. The summed E-state index contributed by atoms with van der Waals surface area (Å²) < 4.78 is 0. The number of hydrogen-bond donors (Lipinski definition) is 2. The van der Waals surface area contributed by atoms with E-state index < -0.39 is 0 Å². The van der Waals surface area contributed by atoms with Gasteiger partial charge in [-0.25, -0.2) is 4.79 Å². The van der Waals surface area contributed by atoms with Gasteiger partial charge in [0.1, 0.15) is 0 Å². The zero-order valence-electron chi connectivity index (χ0n) is 15.0. The first-order valence-electron chi connectivity index (χ1n) is 9.05. The average Bonchev–Trinajstić information content (AvgIpc) is 3.25. The van der Waals surface area contributed by atoms with Gasteiger partial charge in [-0.1, -0.05) is 24.3 Å². The van der Waals surface area contributed by atoms with Crippen molar-refractivity contribution in [1.29, 1.82) is 0 Å². The van der Waals surface area contributed by atoms with E-state index in [9.17, 15) is 9.59 Å². The van der Waals surface area contributed by atoms with E-state index in [0.29, 0.717) is 25.2 Å². The van der Waals surface area contributed by atoms with Crippen LogP contribution >= 0.6 is 0 Å². The van der Waals surface area contributed by atoms with Crippen molar-refractivity contribution in [2.45, 2.75) is 5.54 Å². The fourth-order valence-electron chi connectivity index (χ4n) is 4.16. The van der Waals surface area contributed by atoms with Crippen molar-refractivity contribution in [3.8, 4) is 11.1 Å². The van der Waals surface area contributed by atoms with Crippen molar-refractivity contribution in [2.24, 2.45) is 0 Å². The summed E-state index contributed by atoms with van der Waals surface area (Å²) in [6.07, 6.45) is 1.93. The van der Waals surface area contributed by atoms with Crippen LogP contribution in [0.2, 0.25) is 0 Å². The topological polar surface area (TPSA) is 68.4 Å². The van der Waals surface area contributed by atoms with Gasteiger partial charge in [0.15, 0.2) is 0 Å². The van der Waals surface area contributed by atoms with E-state index in [-0.39, 0.29) is 17.5 Å². The lowest BCUT2D eigenvalue weighted by Gasteiger charge is -2.50. The second-order valence-electron chi connectivity index (χ2n) is 7.43. The van der Waals surface area contributed by atoms with E-state index in [2.05, 4.69) is 22.4 Å². The zero-order chi connectivity index (χ0) is 18.6. The van der Waals surface area contributed by atoms with Gasteiger partial charge in [0.25, 0.3) is 5.91 Å². The third-order valence-corrected chi connectivity index (χ3v) is 5.86. The second-order valence-corrected chi connectivity index (χ2v) is 7.43. The van der Waals surface area contributed by atoms with Crippen molar-refractivity contribution in [2.75, 3.05) is 26.7 Å². The highest BCUT2D eigenvalue weighted by molar-refractivity contribution is 5.99. The Hall–Kier alpha value is -3.28. The number of nitrogens with zero attached hydrogens (tertiary/aromatic N) is 2. The Morgan fingerprint density at radius 1 is 1.11 bits per heavy atom. The minimum Gasteiger partial charge on any atom is -0.361 e. The molecule has 2 aliphatic rings. The molecule has 3 heterocycles. The van der Waals surface area contributed by atoms with Gasteiger partial charge in [0.2, 0.25) is 0 Å². The maximum atomic E-state index is 12.9. The normalized spacial score (nSPS) is 18.0. The molecule has 0 aliphatic carbocycles. The molecule has 1 spiro atoms. The van der Waals surface area contributed by atoms with Crippen molar-refractivity contribution in [1.82, 2.24) is 20.1 Å². The fourth-order valence-corrected chi connectivity index (χ4v) is 4.16. The molecule has 0 radical (unpaired) electrons. The molecule has 2 N–H and O–H groups in total. The number of aromatic amines is 1. The number of fused-ring (bicyclic) bond motifs is 1. The molecule has 2 saturated heterocycles. The van der Waals surface area contributed by atoms with Crippen LogP contribution in [0.3, 0.4) is 0 Å². The predicted molar refractivity (Wildman–Crippen MR) is 104 cm³/mol. The van der Waals surface area contributed by atoms with Gasteiger partial charge in [0.05, 0.1) is 5.54 Å². The molecule has 1 aromatic heterocycles. The molecular weight excluding hydrogens is 340 g/mol. The van der Waals surface area contributed by atoms with E-state index in [0.717, 1.165) is 22.0 Å². The van der Waals surface area contributed by atoms with Crippen molar-refractivity contribution < 1.29 is 9.59 Å². The second kappa shape index (κ2) is 5.61. The van der Waals surface area contributed by atoms with Crippen LogP contribution in [-0.2, 0) is 0 Å². The monoisotopic (exact) mass is 360 g/mol. The molecule has 2 fully saturated rings. The largest absolute Gasteiger partial charge is 0.361 e. The summed E-state index contributed by atoms with van der Waals surface area (Å²) in [6, 6.07) is 15.9. The smallest absolute Gasteiger partial charge is 0.317 e. The fraction of sp³-hybridized carbons (Fsp3) is 0.238. The molecule has 0 bridgehead atoms. The maximum Gasteiger partial charge on any atom is 0.317 e. The van der Waals surface area contributed by atoms with Crippen LogP contribution in [-0.4, -0.2) is 58.9 Å². The Morgan fingerprint density at radius 3 is 2.70 bits per heavy atom. The Bertz CT molecular complexity index is 1060. The number of likely N-dealkylation sites (tertiary alicyclic amines) is 1. The van der Waals surface area contributed by atoms with Gasteiger partial charge in [-0.15, -0.1) is 0 Å². The quantitative estimate of drug-likeness (QED) is 0.738. The number of aromatic nitrogens is 1. The maximum absolute atomic E-state index is 12.9. The third kappa shape index (κ3) is 2.33. The lowest BCUT2D eigenvalue weighted by Crippen LogP contribution is -2.70. The Labute approximate surface area is 156 Å². The molecule has 3 aromatic rings. The van der Waals surface area contributed by atoms with Gasteiger partial charge in [-0.05, 0) is 35.4 Å². The lowest BCUT2D eigenvalue weighted by atomic mass is 9.88. The number of carbonyl (C=O) groups excluding carboxylic acids is 2. The minimum absolute atomic E-state index is 0.0106. The van der Waals surface area contributed by atoms with E-state index in [1.807, 2.05) is 47.5 Å². The molecule has 5 rings (SSSR count). The van der Waals surface area contributed by atoms with Crippen LogP contribution in [0.15, 0.2) is 54.7 Å². The third-order valence-electron chi connectivity index (χ3n) is 5.86. The van der Waals surface area contributed by atoms with Crippen LogP contribution in [0.25, 0.3) is 22.0 Å². The number of carbonyl (C=O) groups is 2. The minimum atomic E-state index is -0.249. The summed E-state index contributed by atoms with van der Waals surface area (Å²) in [5.74, 6) is 0.0106. The number of rotatable bonds is 2. The number of nitrogens with one attached hydrogen (secondary N) is 2. The SMILES string of the molecule is CN1C(=O)NCC12CN(C(=O)c1cccc(-c3cccc4[nH]ccc34)c1)C2. The average molecular weight is 360 g/mol. The van der Waals surface area contributed by atoms with Crippen molar-refractivity contribution in [3.05, 3.63) is 60.3 Å². The molecule has 3 amide bonds. The van der Waals surface area contributed by atoms with Crippen LogP contribution < -0.4 is 5.32 Å². The van der Waals surface area contributed by atoms with E-state index in [1.54, 1.807) is 11.9 Å². The van der Waals surface area contributed by atoms with Crippen LogP contribution in [0.4, 0.5) is 4.79 Å². The number of urea groups is 1. The molecule has 0 unspecified atom stereocenters. The summed E-state index contributed by atoms with van der Waals surface area (Å²) in [7, 11) is 1.79. The summed E-state index contributed by atoms with van der Waals surface area (Å²) in [4.78, 5) is 31.4. The van der Waals surface area contributed by atoms with Crippen LogP contribution in [0, 0.1) is 0 Å². The molecular formula is C21H20N4O2. The van der Waals surface area contributed by atoms with Crippen LogP contribution in [0.5, 0.6) is 0 Å². The Kier molecular flexibility index (Phi) is 3.31. The molecule has 6 heteroatoms. The number of hydrogen-bond acceptors (Lipinski definition) is 2. The molecule has 27 heavy (non-hydrogen) atoms. The highest BCUT2D eigenvalue weighted by Crippen LogP contribution is 2.32. The van der Waals surface area contributed by atoms with Gasteiger partial charge >= 0.3 is 6.03 Å². The van der Waals surface area contributed by atoms with Crippen molar-refractivity contribution in [3.63, 3.8) is 0 Å².